The molecule has 0 aromatic carbocycles. The molecular weight excluding hydrogens is 476 g/mol. The molecule has 10 heteroatoms. The molecule has 0 aliphatic carbocycles. The Morgan fingerprint density at radius 3 is 1.34 bits per heavy atom. The summed E-state index contributed by atoms with van der Waals surface area (Å²) in [6, 6.07) is 0. The molecular formula is C25H37ClN2O7. The first-order chi connectivity index (χ1) is 16.1. The van der Waals surface area contributed by atoms with E-state index < -0.39 is 5.97 Å². The van der Waals surface area contributed by atoms with E-state index in [0.29, 0.717) is 51.6 Å². The van der Waals surface area contributed by atoms with Gasteiger partial charge in [-0.15, -0.1) is 0 Å². The minimum absolute atomic E-state index is 0. The maximum atomic E-state index is 11.1. The summed E-state index contributed by atoms with van der Waals surface area (Å²) in [4.78, 5) is 67.3. The third-order valence-electron chi connectivity index (χ3n) is 4.66. The van der Waals surface area contributed by atoms with E-state index in [2.05, 4.69) is 0 Å². The molecule has 1 N–H and O–H groups in total. The van der Waals surface area contributed by atoms with Crippen LogP contribution in [0.5, 0.6) is 0 Å². The molecule has 0 saturated heterocycles. The lowest BCUT2D eigenvalue weighted by Gasteiger charge is -2.12. The molecule has 9 nitrogen and oxygen atoms in total. The molecule has 0 radical (unpaired) electrons. The number of hydrogen-bond donors (Lipinski definition) is 1. The zero-order chi connectivity index (χ0) is 25.9. The molecule has 2 aliphatic heterocycles. The largest absolute Gasteiger partial charge is 0.481 e. The molecule has 2 heterocycles. The van der Waals surface area contributed by atoms with Crippen LogP contribution in [-0.2, 0) is 28.8 Å². The van der Waals surface area contributed by atoms with E-state index in [1.165, 1.54) is 34.1 Å². The number of hydrogen-bond acceptors (Lipinski definition) is 6. The van der Waals surface area contributed by atoms with E-state index in [1.54, 1.807) is 0 Å². The van der Waals surface area contributed by atoms with E-state index in [-0.39, 0.29) is 42.7 Å². The van der Waals surface area contributed by atoms with Crippen molar-refractivity contribution in [2.75, 3.05) is 13.1 Å². The van der Waals surface area contributed by atoms with Gasteiger partial charge in [-0.3, -0.25) is 38.6 Å². The highest BCUT2D eigenvalue weighted by Gasteiger charge is 2.22. The number of rotatable bonds is 12. The number of nitrogens with zero attached hydrogens (tertiary/aromatic N) is 2. The summed E-state index contributed by atoms with van der Waals surface area (Å²) in [5.41, 5.74) is 0. The average molecular weight is 513 g/mol. The Bertz CT molecular complexity index is 717. The van der Waals surface area contributed by atoms with E-state index >= 15 is 0 Å². The molecule has 0 saturated carbocycles. The van der Waals surface area contributed by atoms with Crippen molar-refractivity contribution in [2.24, 2.45) is 0 Å². The van der Waals surface area contributed by atoms with Crippen LogP contribution < -0.4 is 0 Å². The molecule has 35 heavy (non-hydrogen) atoms. The van der Waals surface area contributed by atoms with Crippen LogP contribution in [-0.4, -0.2) is 62.8 Å². The zero-order valence-corrected chi connectivity index (χ0v) is 20.5. The molecule has 0 unspecified atom stereocenters. The fourth-order valence-electron chi connectivity index (χ4n) is 2.74. The van der Waals surface area contributed by atoms with Gasteiger partial charge in [0.05, 0.1) is 0 Å². The molecule has 0 bridgehead atoms. The number of carbonyl (C=O) groups excluding carboxylic acids is 5. The summed E-state index contributed by atoms with van der Waals surface area (Å²) in [5, 5.41) is 8.04. The molecule has 4 amide bonds. The van der Waals surface area contributed by atoms with Crippen molar-refractivity contribution in [2.45, 2.75) is 72.6 Å². The standard InChI is InChI=1S/C10H12ClNO3.C10H13NO4.C4H8.CH4/c11-8(13)4-2-1-3-7-12-9(14)5-6-10(12)15;12-8-5-6-9(13)11(8)7-3-1-2-4-10(14)15;1-3-4-2;/h5-6H,1-4,7H2;5-6H,1-4,7H2,(H,14,15);3-4H,1-2H3;1H4. The summed E-state index contributed by atoms with van der Waals surface area (Å²) in [6.07, 6.45) is 13.7. The molecule has 2 rings (SSSR count). The Balaban J connectivity index is 0. The quantitative estimate of drug-likeness (QED) is 0.181. The molecule has 0 fully saturated rings. The summed E-state index contributed by atoms with van der Waals surface area (Å²) in [7, 11) is 0. The summed E-state index contributed by atoms with van der Waals surface area (Å²) in [6.45, 7) is 4.80. The van der Waals surface area contributed by atoms with E-state index in [4.69, 9.17) is 16.7 Å². The summed E-state index contributed by atoms with van der Waals surface area (Å²) in [5.74, 6) is -1.89. The van der Waals surface area contributed by atoms with Crippen molar-refractivity contribution in [1.82, 2.24) is 9.80 Å². The van der Waals surface area contributed by atoms with E-state index in [0.717, 1.165) is 6.42 Å². The van der Waals surface area contributed by atoms with Gasteiger partial charge in [0.15, 0.2) is 0 Å². The predicted octanol–water partition coefficient (Wildman–Crippen LogP) is 4.01. The van der Waals surface area contributed by atoms with Crippen molar-refractivity contribution in [3.63, 3.8) is 0 Å². The number of amides is 4. The average Bonchev–Trinajstić information content (AvgIpc) is 3.28. The van der Waals surface area contributed by atoms with E-state index in [1.807, 2.05) is 26.0 Å². The molecule has 0 spiro atoms. The van der Waals surface area contributed by atoms with Crippen molar-refractivity contribution in [3.8, 4) is 0 Å². The zero-order valence-electron chi connectivity index (χ0n) is 19.7. The second-order valence-corrected chi connectivity index (χ2v) is 7.78. The fraction of sp³-hybridized carbons (Fsp3) is 0.520. The number of carboxylic acids is 1. The maximum Gasteiger partial charge on any atom is 0.303 e. The van der Waals surface area contributed by atoms with Crippen molar-refractivity contribution >= 4 is 46.4 Å². The van der Waals surface area contributed by atoms with Gasteiger partial charge in [-0.2, -0.15) is 0 Å². The Morgan fingerprint density at radius 1 is 0.714 bits per heavy atom. The van der Waals surface area contributed by atoms with Crippen LogP contribution in [0.3, 0.4) is 0 Å². The highest BCUT2D eigenvalue weighted by atomic mass is 35.5. The number of allylic oxidation sites excluding steroid dienone is 2. The van der Waals surface area contributed by atoms with Gasteiger partial charge in [0.2, 0.25) is 5.24 Å². The highest BCUT2D eigenvalue weighted by Crippen LogP contribution is 2.09. The van der Waals surface area contributed by atoms with Gasteiger partial charge in [-0.25, -0.2) is 0 Å². The Morgan fingerprint density at radius 2 is 1.06 bits per heavy atom. The van der Waals surface area contributed by atoms with Gasteiger partial charge >= 0.3 is 5.97 Å². The summed E-state index contributed by atoms with van der Waals surface area (Å²) >= 11 is 5.16. The van der Waals surface area contributed by atoms with Crippen molar-refractivity contribution < 1.29 is 33.9 Å². The first kappa shape index (κ1) is 34.1. The van der Waals surface area contributed by atoms with Crippen molar-refractivity contribution in [3.05, 3.63) is 36.5 Å². The number of aliphatic carboxylic acids is 1. The minimum Gasteiger partial charge on any atom is -0.481 e. The Hall–Kier alpha value is -3.07. The number of carboxylic acid groups (broad SMARTS) is 1. The monoisotopic (exact) mass is 512 g/mol. The van der Waals surface area contributed by atoms with Gasteiger partial charge < -0.3 is 5.11 Å². The molecule has 0 aromatic rings. The van der Waals surface area contributed by atoms with Gasteiger partial charge in [-0.05, 0) is 51.1 Å². The minimum atomic E-state index is -0.815. The Labute approximate surface area is 212 Å². The molecule has 0 atom stereocenters. The normalized spacial score (nSPS) is 14.0. The second-order valence-electron chi connectivity index (χ2n) is 7.36. The van der Waals surface area contributed by atoms with Gasteiger partial charge in [-0.1, -0.05) is 32.4 Å². The smallest absolute Gasteiger partial charge is 0.303 e. The van der Waals surface area contributed by atoms with Crippen LogP contribution in [0.4, 0.5) is 0 Å². The molecule has 196 valence electrons. The first-order valence-electron chi connectivity index (χ1n) is 11.2. The predicted molar refractivity (Wildman–Crippen MR) is 134 cm³/mol. The lowest BCUT2D eigenvalue weighted by Crippen LogP contribution is -2.30. The highest BCUT2D eigenvalue weighted by molar-refractivity contribution is 6.63. The summed E-state index contributed by atoms with van der Waals surface area (Å²) < 4.78 is 0. The number of halogens is 1. The number of carbonyl (C=O) groups is 6. The van der Waals surface area contributed by atoms with Crippen LogP contribution in [0.1, 0.15) is 72.6 Å². The molecule has 2 aliphatic rings. The van der Waals surface area contributed by atoms with E-state index in [9.17, 15) is 28.8 Å². The van der Waals surface area contributed by atoms with Gasteiger partial charge in [0, 0.05) is 50.2 Å². The fourth-order valence-corrected chi connectivity index (χ4v) is 2.87. The van der Waals surface area contributed by atoms with Crippen LogP contribution >= 0.6 is 11.6 Å². The number of imide groups is 2. The third-order valence-corrected chi connectivity index (χ3v) is 4.85. The van der Waals surface area contributed by atoms with Crippen LogP contribution in [0.15, 0.2) is 36.5 Å². The third kappa shape index (κ3) is 16.2. The lowest BCUT2D eigenvalue weighted by atomic mass is 10.2. The molecule has 0 aromatic heterocycles. The lowest BCUT2D eigenvalue weighted by molar-refractivity contribution is -0.138. The van der Waals surface area contributed by atoms with Crippen LogP contribution in [0.2, 0.25) is 0 Å². The van der Waals surface area contributed by atoms with Gasteiger partial charge in [0.1, 0.15) is 0 Å². The van der Waals surface area contributed by atoms with Gasteiger partial charge in [0.25, 0.3) is 23.6 Å². The SMILES string of the molecule is C.CC=CC.O=C(Cl)CCCCCN1C(=O)C=CC1=O.O=C(O)CCCCCN1C(=O)C=CC1=O. The second kappa shape index (κ2) is 20.3. The topological polar surface area (TPSA) is 129 Å². The van der Waals surface area contributed by atoms with Crippen molar-refractivity contribution in [1.29, 1.82) is 0 Å². The maximum absolute atomic E-state index is 11.1. The van der Waals surface area contributed by atoms with Crippen LogP contribution in [0.25, 0.3) is 0 Å². The Kier molecular flexibility index (Phi) is 19.8. The first-order valence-corrected chi connectivity index (χ1v) is 11.6. The van der Waals surface area contributed by atoms with Crippen LogP contribution in [0, 0.1) is 0 Å². The number of unbranched alkanes of at least 4 members (excludes halogenated alkanes) is 4.